The standard InChI is InChI=1S/C11H12O4/c1-7-8(2-5-15-7)11(13)9-6-14-4-3-10(9)12/h2,5,9H,3-4,6H2,1H3. The molecule has 80 valence electrons. The highest BCUT2D eigenvalue weighted by atomic mass is 16.5. The van der Waals surface area contributed by atoms with Gasteiger partial charge >= 0.3 is 0 Å². The lowest BCUT2D eigenvalue weighted by molar-refractivity contribution is -0.128. The molecule has 1 atom stereocenters. The van der Waals surface area contributed by atoms with E-state index in [0.717, 1.165) is 0 Å². The molecule has 1 unspecified atom stereocenters. The van der Waals surface area contributed by atoms with Crippen molar-refractivity contribution in [1.82, 2.24) is 0 Å². The fourth-order valence-corrected chi connectivity index (χ4v) is 1.69. The molecule has 0 spiro atoms. The molecule has 2 heterocycles. The highest BCUT2D eigenvalue weighted by Crippen LogP contribution is 2.19. The largest absolute Gasteiger partial charge is 0.469 e. The summed E-state index contributed by atoms with van der Waals surface area (Å²) in [6.45, 7) is 2.33. The molecule has 0 amide bonds. The molecule has 15 heavy (non-hydrogen) atoms. The fraction of sp³-hybridized carbons (Fsp3) is 0.455. The summed E-state index contributed by atoms with van der Waals surface area (Å²) in [4.78, 5) is 23.4. The van der Waals surface area contributed by atoms with Gasteiger partial charge in [0.1, 0.15) is 17.5 Å². The smallest absolute Gasteiger partial charge is 0.179 e. The first kappa shape index (κ1) is 10.1. The number of hydrogen-bond donors (Lipinski definition) is 0. The first-order valence-corrected chi connectivity index (χ1v) is 4.89. The third kappa shape index (κ3) is 1.85. The van der Waals surface area contributed by atoms with Crippen molar-refractivity contribution < 1.29 is 18.7 Å². The Morgan fingerprint density at radius 3 is 2.93 bits per heavy atom. The van der Waals surface area contributed by atoms with Crippen molar-refractivity contribution in [3.63, 3.8) is 0 Å². The molecule has 4 nitrogen and oxygen atoms in total. The van der Waals surface area contributed by atoms with E-state index in [1.807, 2.05) is 0 Å². The van der Waals surface area contributed by atoms with E-state index in [-0.39, 0.29) is 18.2 Å². The Morgan fingerprint density at radius 1 is 1.53 bits per heavy atom. The van der Waals surface area contributed by atoms with Crippen LogP contribution in [0.5, 0.6) is 0 Å². The highest BCUT2D eigenvalue weighted by Gasteiger charge is 2.31. The predicted octanol–water partition coefficient (Wildman–Crippen LogP) is 1.38. The molecule has 0 radical (unpaired) electrons. The lowest BCUT2D eigenvalue weighted by Gasteiger charge is -2.19. The number of aryl methyl sites for hydroxylation is 1. The van der Waals surface area contributed by atoms with Crippen LogP contribution in [0.15, 0.2) is 16.7 Å². The maximum absolute atomic E-state index is 11.9. The Hall–Kier alpha value is -1.42. The van der Waals surface area contributed by atoms with Gasteiger partial charge in [0, 0.05) is 6.42 Å². The number of Topliss-reactive ketones (excluding diaryl/α,β-unsaturated/α-hetero) is 2. The second kappa shape index (κ2) is 3.98. The van der Waals surface area contributed by atoms with Crippen molar-refractivity contribution >= 4 is 11.6 Å². The zero-order valence-electron chi connectivity index (χ0n) is 8.49. The van der Waals surface area contributed by atoms with Gasteiger partial charge in [0.05, 0.1) is 25.0 Å². The summed E-state index contributed by atoms with van der Waals surface area (Å²) in [6, 6.07) is 1.60. The monoisotopic (exact) mass is 208 g/mol. The Kier molecular flexibility index (Phi) is 2.68. The summed E-state index contributed by atoms with van der Waals surface area (Å²) in [5.74, 6) is -0.314. The summed E-state index contributed by atoms with van der Waals surface area (Å²) in [5, 5.41) is 0. The summed E-state index contributed by atoms with van der Waals surface area (Å²) < 4.78 is 10.2. The lowest BCUT2D eigenvalue weighted by Crippen LogP contribution is -2.34. The Bertz CT molecular complexity index is 391. The van der Waals surface area contributed by atoms with E-state index in [4.69, 9.17) is 9.15 Å². The molecule has 4 heteroatoms. The average molecular weight is 208 g/mol. The van der Waals surface area contributed by atoms with E-state index in [0.29, 0.717) is 24.4 Å². The van der Waals surface area contributed by atoms with Gasteiger partial charge in [-0.05, 0) is 13.0 Å². The van der Waals surface area contributed by atoms with E-state index in [2.05, 4.69) is 0 Å². The first-order valence-electron chi connectivity index (χ1n) is 4.89. The number of carbonyl (C=O) groups excluding carboxylic acids is 2. The highest BCUT2D eigenvalue weighted by molar-refractivity contribution is 6.11. The maximum atomic E-state index is 11.9. The third-order valence-corrected chi connectivity index (χ3v) is 2.61. The van der Waals surface area contributed by atoms with Gasteiger partial charge < -0.3 is 9.15 Å². The molecule has 0 saturated carbocycles. The van der Waals surface area contributed by atoms with Crippen LogP contribution in [0.2, 0.25) is 0 Å². The molecule has 1 aliphatic rings. The minimum atomic E-state index is -0.643. The summed E-state index contributed by atoms with van der Waals surface area (Å²) in [7, 11) is 0. The van der Waals surface area contributed by atoms with Gasteiger partial charge in [-0.3, -0.25) is 9.59 Å². The quantitative estimate of drug-likeness (QED) is 0.544. The summed E-state index contributed by atoms with van der Waals surface area (Å²) in [6.07, 6.45) is 1.78. The molecule has 1 saturated heterocycles. The van der Waals surface area contributed by atoms with Crippen molar-refractivity contribution in [3.05, 3.63) is 23.7 Å². The van der Waals surface area contributed by atoms with Gasteiger partial charge in [-0.25, -0.2) is 0 Å². The normalized spacial score (nSPS) is 21.7. The molecule has 0 aliphatic carbocycles. The minimum absolute atomic E-state index is 0.0353. The van der Waals surface area contributed by atoms with Gasteiger partial charge in [0.2, 0.25) is 0 Å². The molecule has 2 rings (SSSR count). The van der Waals surface area contributed by atoms with Crippen LogP contribution in [0.1, 0.15) is 22.5 Å². The zero-order chi connectivity index (χ0) is 10.8. The van der Waals surface area contributed by atoms with Crippen LogP contribution >= 0.6 is 0 Å². The molecule has 0 aromatic carbocycles. The molecular weight excluding hydrogens is 196 g/mol. The molecule has 1 fully saturated rings. The zero-order valence-corrected chi connectivity index (χ0v) is 8.49. The van der Waals surface area contributed by atoms with Gasteiger partial charge in [0.25, 0.3) is 0 Å². The summed E-state index contributed by atoms with van der Waals surface area (Å²) >= 11 is 0. The van der Waals surface area contributed by atoms with E-state index in [1.165, 1.54) is 6.26 Å². The van der Waals surface area contributed by atoms with Crippen LogP contribution in [-0.2, 0) is 9.53 Å². The van der Waals surface area contributed by atoms with E-state index >= 15 is 0 Å². The SMILES string of the molecule is Cc1occc1C(=O)C1COCCC1=O. The van der Waals surface area contributed by atoms with Crippen molar-refractivity contribution in [2.45, 2.75) is 13.3 Å². The van der Waals surface area contributed by atoms with E-state index in [9.17, 15) is 9.59 Å². The Morgan fingerprint density at radius 2 is 2.33 bits per heavy atom. The third-order valence-electron chi connectivity index (χ3n) is 2.61. The van der Waals surface area contributed by atoms with E-state index in [1.54, 1.807) is 13.0 Å². The number of rotatable bonds is 2. The number of ether oxygens (including phenoxy) is 1. The lowest BCUT2D eigenvalue weighted by atomic mass is 9.92. The minimum Gasteiger partial charge on any atom is -0.469 e. The van der Waals surface area contributed by atoms with Crippen molar-refractivity contribution in [3.8, 4) is 0 Å². The molecule has 1 aromatic heterocycles. The molecule has 1 aliphatic heterocycles. The molecule has 0 N–H and O–H groups in total. The van der Waals surface area contributed by atoms with Gasteiger partial charge in [-0.1, -0.05) is 0 Å². The number of hydrogen-bond acceptors (Lipinski definition) is 4. The second-order valence-corrected chi connectivity index (χ2v) is 3.60. The van der Waals surface area contributed by atoms with Gasteiger partial charge in [-0.2, -0.15) is 0 Å². The van der Waals surface area contributed by atoms with Crippen LogP contribution in [0.4, 0.5) is 0 Å². The van der Waals surface area contributed by atoms with Crippen LogP contribution in [0, 0.1) is 12.8 Å². The summed E-state index contributed by atoms with van der Waals surface area (Å²) in [5.41, 5.74) is 0.485. The van der Waals surface area contributed by atoms with Crippen LogP contribution in [0.3, 0.4) is 0 Å². The first-order chi connectivity index (χ1) is 7.20. The van der Waals surface area contributed by atoms with Crippen LogP contribution < -0.4 is 0 Å². The van der Waals surface area contributed by atoms with Crippen molar-refractivity contribution in [2.75, 3.05) is 13.2 Å². The van der Waals surface area contributed by atoms with E-state index < -0.39 is 5.92 Å². The molecule has 0 bridgehead atoms. The number of furan rings is 1. The van der Waals surface area contributed by atoms with Crippen molar-refractivity contribution in [2.24, 2.45) is 5.92 Å². The maximum Gasteiger partial charge on any atom is 0.179 e. The molecule has 1 aromatic rings. The number of ketones is 2. The van der Waals surface area contributed by atoms with Gasteiger partial charge in [-0.15, -0.1) is 0 Å². The fourth-order valence-electron chi connectivity index (χ4n) is 1.69. The second-order valence-electron chi connectivity index (χ2n) is 3.60. The predicted molar refractivity (Wildman–Crippen MR) is 51.7 cm³/mol. The topological polar surface area (TPSA) is 56.5 Å². The van der Waals surface area contributed by atoms with Crippen molar-refractivity contribution in [1.29, 1.82) is 0 Å². The Labute approximate surface area is 87.2 Å². The van der Waals surface area contributed by atoms with Gasteiger partial charge in [0.15, 0.2) is 5.78 Å². The molecular formula is C11H12O4. The van der Waals surface area contributed by atoms with Crippen LogP contribution in [0.25, 0.3) is 0 Å². The number of carbonyl (C=O) groups is 2. The average Bonchev–Trinajstić information content (AvgIpc) is 2.64. The Balaban J connectivity index is 2.20. The van der Waals surface area contributed by atoms with Crippen LogP contribution in [-0.4, -0.2) is 24.8 Å².